The number of hydrazine groups is 1. The summed E-state index contributed by atoms with van der Waals surface area (Å²) in [6.45, 7) is 2.09. The summed E-state index contributed by atoms with van der Waals surface area (Å²) in [6.07, 6.45) is 2.66. The lowest BCUT2D eigenvalue weighted by molar-refractivity contribution is 0.544. The summed E-state index contributed by atoms with van der Waals surface area (Å²) >= 11 is 1.69. The summed E-state index contributed by atoms with van der Waals surface area (Å²) in [7, 11) is 1.86. The minimum atomic E-state index is 0.1000. The molecule has 2 aromatic rings. The van der Waals surface area contributed by atoms with Crippen LogP contribution in [0.3, 0.4) is 0 Å². The molecule has 16 heavy (non-hydrogen) atoms. The van der Waals surface area contributed by atoms with Crippen LogP contribution in [0.4, 0.5) is 0 Å². The first-order valence-corrected chi connectivity index (χ1v) is 5.99. The maximum atomic E-state index is 5.59. The molecule has 2 rings (SSSR count). The van der Waals surface area contributed by atoms with Crippen molar-refractivity contribution < 1.29 is 0 Å². The number of rotatable bonds is 4. The molecule has 6 heteroatoms. The number of nitrogens with zero attached hydrogens (tertiary/aromatic N) is 3. The van der Waals surface area contributed by atoms with E-state index in [-0.39, 0.29) is 6.04 Å². The lowest BCUT2D eigenvalue weighted by Crippen LogP contribution is -2.29. The molecule has 1 unspecified atom stereocenters. The number of nitrogens with one attached hydrogen (secondary N) is 1. The van der Waals surface area contributed by atoms with Crippen LogP contribution in [0.1, 0.15) is 22.9 Å². The summed E-state index contributed by atoms with van der Waals surface area (Å²) in [5, 5.41) is 12.2. The predicted octanol–water partition coefficient (Wildman–Crippen LogP) is 0.932. The highest BCUT2D eigenvalue weighted by atomic mass is 32.1. The maximum Gasteiger partial charge on any atom is 0.0846 e. The first kappa shape index (κ1) is 11.3. The molecule has 0 aliphatic rings. The van der Waals surface area contributed by atoms with Gasteiger partial charge in [0.1, 0.15) is 0 Å². The highest BCUT2D eigenvalue weighted by Gasteiger charge is 2.15. The van der Waals surface area contributed by atoms with Crippen molar-refractivity contribution in [1.29, 1.82) is 0 Å². The molecule has 0 aliphatic heterocycles. The van der Waals surface area contributed by atoms with Gasteiger partial charge < -0.3 is 0 Å². The molecule has 2 heterocycles. The summed E-state index contributed by atoms with van der Waals surface area (Å²) in [4.78, 5) is 0. The molecule has 0 radical (unpaired) electrons. The zero-order chi connectivity index (χ0) is 11.5. The molecule has 0 amide bonds. The monoisotopic (exact) mass is 237 g/mol. The Morgan fingerprint density at radius 1 is 1.56 bits per heavy atom. The molecule has 1 atom stereocenters. The number of aryl methyl sites for hydroxylation is 2. The topological polar surface area (TPSA) is 68.8 Å². The van der Waals surface area contributed by atoms with Gasteiger partial charge in [-0.3, -0.25) is 16.0 Å². The van der Waals surface area contributed by atoms with Crippen molar-refractivity contribution >= 4 is 11.3 Å². The SMILES string of the molecule is Cc1cscc1C(Cc1cn(C)nn1)NN. The third-order valence-electron chi connectivity index (χ3n) is 2.54. The van der Waals surface area contributed by atoms with Crippen molar-refractivity contribution in [3.63, 3.8) is 0 Å². The van der Waals surface area contributed by atoms with Crippen LogP contribution in [0.2, 0.25) is 0 Å². The lowest BCUT2D eigenvalue weighted by atomic mass is 10.0. The molecule has 86 valence electrons. The summed E-state index contributed by atoms with van der Waals surface area (Å²) < 4.78 is 1.70. The molecular weight excluding hydrogens is 222 g/mol. The first-order valence-electron chi connectivity index (χ1n) is 5.04. The highest BCUT2D eigenvalue weighted by molar-refractivity contribution is 7.08. The van der Waals surface area contributed by atoms with E-state index in [1.165, 1.54) is 11.1 Å². The van der Waals surface area contributed by atoms with Crippen molar-refractivity contribution in [2.24, 2.45) is 12.9 Å². The molecule has 0 bridgehead atoms. The molecule has 2 aromatic heterocycles. The summed E-state index contributed by atoms with van der Waals surface area (Å²) in [6, 6.07) is 0.1000. The van der Waals surface area contributed by atoms with E-state index in [1.54, 1.807) is 16.0 Å². The molecule has 0 aliphatic carbocycles. The Labute approximate surface area is 98.2 Å². The minimum absolute atomic E-state index is 0.1000. The highest BCUT2D eigenvalue weighted by Crippen LogP contribution is 2.23. The molecule has 3 N–H and O–H groups in total. The van der Waals surface area contributed by atoms with Crippen LogP contribution in [0.25, 0.3) is 0 Å². The maximum absolute atomic E-state index is 5.59. The Balaban J connectivity index is 2.15. The van der Waals surface area contributed by atoms with Crippen molar-refractivity contribution in [3.05, 3.63) is 33.8 Å². The van der Waals surface area contributed by atoms with E-state index >= 15 is 0 Å². The van der Waals surface area contributed by atoms with Crippen molar-refractivity contribution in [1.82, 2.24) is 20.4 Å². The Hall–Kier alpha value is -1.24. The van der Waals surface area contributed by atoms with E-state index in [1.807, 2.05) is 13.2 Å². The Morgan fingerprint density at radius 3 is 2.88 bits per heavy atom. The second-order valence-corrected chi connectivity index (χ2v) is 4.56. The van der Waals surface area contributed by atoms with Crippen LogP contribution < -0.4 is 11.3 Å². The zero-order valence-electron chi connectivity index (χ0n) is 9.34. The molecule has 0 saturated carbocycles. The van der Waals surface area contributed by atoms with Crippen LogP contribution in [-0.4, -0.2) is 15.0 Å². The van der Waals surface area contributed by atoms with Crippen LogP contribution in [0.5, 0.6) is 0 Å². The lowest BCUT2D eigenvalue weighted by Gasteiger charge is -2.14. The fourth-order valence-electron chi connectivity index (χ4n) is 1.68. The Bertz CT molecular complexity index is 461. The van der Waals surface area contributed by atoms with Crippen molar-refractivity contribution in [2.75, 3.05) is 0 Å². The Morgan fingerprint density at radius 2 is 2.38 bits per heavy atom. The number of nitrogens with two attached hydrogens (primary N) is 1. The van der Waals surface area contributed by atoms with Crippen LogP contribution in [-0.2, 0) is 13.5 Å². The fourth-order valence-corrected chi connectivity index (χ4v) is 2.59. The normalized spacial score (nSPS) is 12.9. The first-order chi connectivity index (χ1) is 7.70. The van der Waals surface area contributed by atoms with Crippen LogP contribution in [0, 0.1) is 6.92 Å². The van der Waals surface area contributed by atoms with Gasteiger partial charge in [0, 0.05) is 19.7 Å². The van der Waals surface area contributed by atoms with Gasteiger partial charge in [0.2, 0.25) is 0 Å². The van der Waals surface area contributed by atoms with E-state index in [0.29, 0.717) is 0 Å². The molecular formula is C10H15N5S. The number of hydrogen-bond donors (Lipinski definition) is 2. The largest absolute Gasteiger partial charge is 0.271 e. The summed E-state index contributed by atoms with van der Waals surface area (Å²) in [5.74, 6) is 5.59. The van der Waals surface area contributed by atoms with Gasteiger partial charge in [-0.2, -0.15) is 11.3 Å². The third kappa shape index (κ3) is 2.29. The Kier molecular flexibility index (Phi) is 3.33. The van der Waals surface area contributed by atoms with Gasteiger partial charge in [0.05, 0.1) is 11.7 Å². The van der Waals surface area contributed by atoms with Gasteiger partial charge in [-0.05, 0) is 28.8 Å². The summed E-state index contributed by atoms with van der Waals surface area (Å²) in [5.41, 5.74) is 6.27. The number of hydrogen-bond acceptors (Lipinski definition) is 5. The van der Waals surface area contributed by atoms with Gasteiger partial charge in [-0.1, -0.05) is 5.21 Å². The molecule has 5 nitrogen and oxygen atoms in total. The molecule has 0 saturated heterocycles. The van der Waals surface area contributed by atoms with E-state index < -0.39 is 0 Å². The average molecular weight is 237 g/mol. The standard InChI is InChI=1S/C10H15N5S/c1-7-5-16-6-9(7)10(12-11)3-8-4-15(2)14-13-8/h4-6,10,12H,3,11H2,1-2H3. The molecule has 0 aromatic carbocycles. The van der Waals surface area contributed by atoms with Crippen molar-refractivity contribution in [3.8, 4) is 0 Å². The van der Waals surface area contributed by atoms with E-state index in [4.69, 9.17) is 5.84 Å². The van der Waals surface area contributed by atoms with Crippen LogP contribution in [0.15, 0.2) is 17.0 Å². The van der Waals surface area contributed by atoms with Gasteiger partial charge >= 0.3 is 0 Å². The van der Waals surface area contributed by atoms with Gasteiger partial charge in [0.25, 0.3) is 0 Å². The van der Waals surface area contributed by atoms with E-state index in [9.17, 15) is 0 Å². The van der Waals surface area contributed by atoms with Crippen molar-refractivity contribution in [2.45, 2.75) is 19.4 Å². The molecule has 0 spiro atoms. The quantitative estimate of drug-likeness (QED) is 0.613. The van der Waals surface area contributed by atoms with Gasteiger partial charge in [0.15, 0.2) is 0 Å². The van der Waals surface area contributed by atoms with Gasteiger partial charge in [-0.15, -0.1) is 5.10 Å². The number of thiophene rings is 1. The predicted molar refractivity (Wildman–Crippen MR) is 63.8 cm³/mol. The van der Waals surface area contributed by atoms with Crippen LogP contribution >= 0.6 is 11.3 Å². The fraction of sp³-hybridized carbons (Fsp3) is 0.400. The smallest absolute Gasteiger partial charge is 0.0846 e. The number of aromatic nitrogens is 3. The van der Waals surface area contributed by atoms with E-state index in [2.05, 4.69) is 33.4 Å². The van der Waals surface area contributed by atoms with E-state index in [0.717, 1.165) is 12.1 Å². The van der Waals surface area contributed by atoms with Gasteiger partial charge in [-0.25, -0.2) is 0 Å². The average Bonchev–Trinajstić information content (AvgIpc) is 2.84. The zero-order valence-corrected chi connectivity index (χ0v) is 10.2. The third-order valence-corrected chi connectivity index (χ3v) is 3.41. The second kappa shape index (κ2) is 4.73. The second-order valence-electron chi connectivity index (χ2n) is 3.82. The minimum Gasteiger partial charge on any atom is -0.271 e. The molecule has 0 fully saturated rings.